The Kier molecular flexibility index (Phi) is 2.41. The van der Waals surface area contributed by atoms with Gasteiger partial charge in [-0.05, 0) is 19.8 Å². The van der Waals surface area contributed by atoms with Crippen LogP contribution in [-0.4, -0.2) is 24.4 Å². The van der Waals surface area contributed by atoms with Crippen molar-refractivity contribution in [2.24, 2.45) is 5.41 Å². The van der Waals surface area contributed by atoms with Crippen LogP contribution in [0.25, 0.3) is 0 Å². The molecule has 0 aromatic rings. The zero-order valence-corrected chi connectivity index (χ0v) is 7.63. The Morgan fingerprint density at radius 3 is 2.50 bits per heavy atom. The molecule has 0 bridgehead atoms. The number of rotatable bonds is 3. The summed E-state index contributed by atoms with van der Waals surface area (Å²) in [6, 6.07) is 2.21. The Morgan fingerprint density at radius 2 is 2.25 bits per heavy atom. The van der Waals surface area contributed by atoms with Gasteiger partial charge in [0.15, 0.2) is 0 Å². The van der Waals surface area contributed by atoms with Gasteiger partial charge in [-0.1, -0.05) is 6.42 Å². The second-order valence-corrected chi connectivity index (χ2v) is 3.75. The lowest BCUT2D eigenvalue weighted by molar-refractivity contribution is -0.118. The predicted octanol–water partition coefficient (Wildman–Crippen LogP) is 1.08. The molecule has 0 spiro atoms. The van der Waals surface area contributed by atoms with E-state index in [-0.39, 0.29) is 6.61 Å². The fourth-order valence-corrected chi connectivity index (χ4v) is 1.72. The summed E-state index contributed by atoms with van der Waals surface area (Å²) in [5.74, 6) is 0. The van der Waals surface area contributed by atoms with Gasteiger partial charge in [-0.25, -0.2) is 0 Å². The molecular formula is C9H15NO2. The molecule has 1 rings (SSSR count). The van der Waals surface area contributed by atoms with Crippen molar-refractivity contribution in [2.45, 2.75) is 31.8 Å². The van der Waals surface area contributed by atoms with Crippen LogP contribution in [0.3, 0.4) is 0 Å². The fourth-order valence-electron chi connectivity index (χ4n) is 1.72. The molecule has 0 aromatic heterocycles. The summed E-state index contributed by atoms with van der Waals surface area (Å²) >= 11 is 0. The minimum atomic E-state index is -0.991. The average Bonchev–Trinajstić information content (AvgIpc) is 1.84. The summed E-state index contributed by atoms with van der Waals surface area (Å²) in [6.07, 6.45) is 2.62. The van der Waals surface area contributed by atoms with Crippen LogP contribution < -0.4 is 0 Å². The molecule has 0 saturated heterocycles. The molecule has 12 heavy (non-hydrogen) atoms. The van der Waals surface area contributed by atoms with Crippen molar-refractivity contribution >= 4 is 0 Å². The lowest BCUT2D eigenvalue weighted by Crippen LogP contribution is -2.52. The Morgan fingerprint density at radius 1 is 1.67 bits per heavy atom. The summed E-state index contributed by atoms with van der Waals surface area (Å²) in [4.78, 5) is 0. The highest BCUT2D eigenvalue weighted by atomic mass is 16.5. The molecule has 1 atom stereocenters. The summed E-state index contributed by atoms with van der Waals surface area (Å²) in [5.41, 5.74) is -1.54. The van der Waals surface area contributed by atoms with Gasteiger partial charge in [0.1, 0.15) is 5.60 Å². The van der Waals surface area contributed by atoms with E-state index >= 15 is 0 Å². The molecule has 0 amide bonds. The molecule has 1 fully saturated rings. The molecule has 1 unspecified atom stereocenters. The first kappa shape index (κ1) is 9.50. The minimum absolute atomic E-state index is 0.237. The second kappa shape index (κ2) is 3.04. The van der Waals surface area contributed by atoms with E-state index in [2.05, 4.69) is 6.07 Å². The normalized spacial score (nSPS) is 25.2. The third kappa shape index (κ3) is 1.21. The van der Waals surface area contributed by atoms with Crippen molar-refractivity contribution in [3.05, 3.63) is 0 Å². The highest BCUT2D eigenvalue weighted by Gasteiger charge is 2.51. The highest BCUT2D eigenvalue weighted by Crippen LogP contribution is 2.48. The van der Waals surface area contributed by atoms with Crippen LogP contribution in [0.2, 0.25) is 0 Å². The third-order valence-electron chi connectivity index (χ3n) is 2.88. The van der Waals surface area contributed by atoms with Crippen LogP contribution in [0.5, 0.6) is 0 Å². The maximum Gasteiger partial charge on any atom is 0.104 e. The van der Waals surface area contributed by atoms with E-state index in [0.717, 1.165) is 19.3 Å². The number of hydrogen-bond donors (Lipinski definition) is 1. The van der Waals surface area contributed by atoms with Gasteiger partial charge in [0.05, 0.1) is 18.1 Å². The molecule has 0 radical (unpaired) electrons. The standard InChI is InChI=1S/C9H15NO2/c1-8(11,7-12-2)9(6-10)4-3-5-9/h11H,3-5,7H2,1-2H3. The smallest absolute Gasteiger partial charge is 0.104 e. The molecular weight excluding hydrogens is 154 g/mol. The first-order valence-corrected chi connectivity index (χ1v) is 4.20. The van der Waals surface area contributed by atoms with Gasteiger partial charge in [0, 0.05) is 7.11 Å². The van der Waals surface area contributed by atoms with Crippen molar-refractivity contribution < 1.29 is 9.84 Å². The van der Waals surface area contributed by atoms with Crippen LogP contribution in [-0.2, 0) is 4.74 Å². The lowest BCUT2D eigenvalue weighted by atomic mass is 9.60. The van der Waals surface area contributed by atoms with E-state index in [0.29, 0.717) is 0 Å². The number of nitriles is 1. The summed E-state index contributed by atoms with van der Waals surface area (Å²) in [5, 5.41) is 18.9. The largest absolute Gasteiger partial charge is 0.386 e. The summed E-state index contributed by atoms with van der Waals surface area (Å²) < 4.78 is 4.89. The average molecular weight is 169 g/mol. The molecule has 1 N–H and O–H groups in total. The van der Waals surface area contributed by atoms with Crippen molar-refractivity contribution in [1.82, 2.24) is 0 Å². The van der Waals surface area contributed by atoms with E-state index in [9.17, 15) is 5.11 Å². The van der Waals surface area contributed by atoms with Crippen LogP contribution >= 0.6 is 0 Å². The van der Waals surface area contributed by atoms with Crippen LogP contribution in [0.15, 0.2) is 0 Å². The topological polar surface area (TPSA) is 53.2 Å². The van der Waals surface area contributed by atoms with Crippen molar-refractivity contribution in [2.75, 3.05) is 13.7 Å². The number of ether oxygens (including phenoxy) is 1. The van der Waals surface area contributed by atoms with Gasteiger partial charge in [-0.3, -0.25) is 0 Å². The predicted molar refractivity (Wildman–Crippen MR) is 44.4 cm³/mol. The second-order valence-electron chi connectivity index (χ2n) is 3.75. The minimum Gasteiger partial charge on any atom is -0.386 e. The molecule has 0 aliphatic heterocycles. The van der Waals surface area contributed by atoms with Gasteiger partial charge in [-0.15, -0.1) is 0 Å². The van der Waals surface area contributed by atoms with E-state index in [1.54, 1.807) is 6.92 Å². The lowest BCUT2D eigenvalue weighted by Gasteiger charge is -2.46. The first-order chi connectivity index (χ1) is 5.58. The zero-order chi connectivity index (χ0) is 9.24. The summed E-state index contributed by atoms with van der Waals surface area (Å²) in [6.45, 7) is 1.92. The fraction of sp³-hybridized carbons (Fsp3) is 0.889. The molecule has 1 aliphatic carbocycles. The number of methoxy groups -OCH3 is 1. The molecule has 0 aromatic carbocycles. The highest BCUT2D eigenvalue weighted by molar-refractivity contribution is 5.14. The molecule has 0 heterocycles. The van der Waals surface area contributed by atoms with Gasteiger partial charge in [0.25, 0.3) is 0 Å². The Bertz CT molecular complexity index is 201. The maximum atomic E-state index is 9.94. The maximum absolute atomic E-state index is 9.94. The van der Waals surface area contributed by atoms with Crippen LogP contribution in [0.1, 0.15) is 26.2 Å². The van der Waals surface area contributed by atoms with Gasteiger partial charge in [-0.2, -0.15) is 5.26 Å². The molecule has 1 saturated carbocycles. The number of aliphatic hydroxyl groups is 1. The number of hydrogen-bond acceptors (Lipinski definition) is 3. The first-order valence-electron chi connectivity index (χ1n) is 4.20. The van der Waals surface area contributed by atoms with Gasteiger partial charge >= 0.3 is 0 Å². The van der Waals surface area contributed by atoms with Crippen LogP contribution in [0, 0.1) is 16.7 Å². The third-order valence-corrected chi connectivity index (χ3v) is 2.88. The molecule has 68 valence electrons. The van der Waals surface area contributed by atoms with E-state index < -0.39 is 11.0 Å². The van der Waals surface area contributed by atoms with Crippen LogP contribution in [0.4, 0.5) is 0 Å². The Balaban J connectivity index is 2.72. The van der Waals surface area contributed by atoms with E-state index in [4.69, 9.17) is 10.00 Å². The summed E-state index contributed by atoms with van der Waals surface area (Å²) in [7, 11) is 1.54. The molecule has 3 heteroatoms. The monoisotopic (exact) mass is 169 g/mol. The quantitative estimate of drug-likeness (QED) is 0.687. The van der Waals surface area contributed by atoms with Crippen molar-refractivity contribution in [3.63, 3.8) is 0 Å². The molecule has 1 aliphatic rings. The SMILES string of the molecule is COCC(C)(O)C1(C#N)CCC1. The van der Waals surface area contributed by atoms with Crippen molar-refractivity contribution in [3.8, 4) is 6.07 Å². The Hall–Kier alpha value is -0.590. The Labute approximate surface area is 73.0 Å². The van der Waals surface area contributed by atoms with E-state index in [1.165, 1.54) is 7.11 Å². The molecule has 3 nitrogen and oxygen atoms in total. The number of nitrogens with zero attached hydrogens (tertiary/aromatic N) is 1. The van der Waals surface area contributed by atoms with E-state index in [1.807, 2.05) is 0 Å². The van der Waals surface area contributed by atoms with Crippen molar-refractivity contribution in [1.29, 1.82) is 5.26 Å². The van der Waals surface area contributed by atoms with Gasteiger partial charge < -0.3 is 9.84 Å². The zero-order valence-electron chi connectivity index (χ0n) is 7.63. The van der Waals surface area contributed by atoms with Gasteiger partial charge in [0.2, 0.25) is 0 Å².